The van der Waals surface area contributed by atoms with Crippen LogP contribution in [-0.4, -0.2) is 12.2 Å². The highest BCUT2D eigenvalue weighted by molar-refractivity contribution is 5.98. The van der Waals surface area contributed by atoms with Gasteiger partial charge in [-0.05, 0) is 28.8 Å². The zero-order valence-electron chi connectivity index (χ0n) is 12.7. The maximum Gasteiger partial charge on any atom is 0.242 e. The highest BCUT2D eigenvalue weighted by Crippen LogP contribution is 2.27. The SMILES string of the molecule is CC(C)C(=O)c1c(F)cc(-c2cccc(CC(F)F)c2)cc1F. The Bertz CT molecular complexity index is 700. The summed E-state index contributed by atoms with van der Waals surface area (Å²) in [6, 6.07) is 8.23. The lowest BCUT2D eigenvalue weighted by atomic mass is 9.95. The molecule has 2 aromatic carbocycles. The fraction of sp³-hybridized carbons (Fsp3) is 0.278. The summed E-state index contributed by atoms with van der Waals surface area (Å²) < 4.78 is 53.2. The molecule has 2 aromatic rings. The normalized spacial score (nSPS) is 11.3. The van der Waals surface area contributed by atoms with Crippen LogP contribution in [0.4, 0.5) is 17.6 Å². The van der Waals surface area contributed by atoms with Crippen LogP contribution in [0.15, 0.2) is 36.4 Å². The number of carbonyl (C=O) groups is 1. The lowest BCUT2D eigenvalue weighted by molar-refractivity contribution is 0.0931. The van der Waals surface area contributed by atoms with E-state index in [1.807, 2.05) is 0 Å². The summed E-state index contributed by atoms with van der Waals surface area (Å²) >= 11 is 0. The number of Topliss-reactive ketones (excluding diaryl/α,β-unsaturated/α-hetero) is 1. The molecular weight excluding hydrogens is 308 g/mol. The summed E-state index contributed by atoms with van der Waals surface area (Å²) in [6.45, 7) is 3.12. The van der Waals surface area contributed by atoms with Gasteiger partial charge >= 0.3 is 0 Å². The molecule has 1 nitrogen and oxygen atoms in total. The molecule has 23 heavy (non-hydrogen) atoms. The third-order valence-corrected chi connectivity index (χ3v) is 3.46. The molecule has 2 rings (SSSR count). The van der Waals surface area contributed by atoms with Crippen LogP contribution in [0.2, 0.25) is 0 Å². The molecule has 0 aromatic heterocycles. The van der Waals surface area contributed by atoms with E-state index in [1.54, 1.807) is 26.0 Å². The Morgan fingerprint density at radius 2 is 1.61 bits per heavy atom. The van der Waals surface area contributed by atoms with Crippen molar-refractivity contribution in [2.45, 2.75) is 26.7 Å². The second-order valence-corrected chi connectivity index (χ2v) is 5.63. The largest absolute Gasteiger partial charge is 0.294 e. The van der Waals surface area contributed by atoms with E-state index in [0.29, 0.717) is 11.1 Å². The Kier molecular flexibility index (Phi) is 5.19. The first-order valence-electron chi connectivity index (χ1n) is 7.20. The highest BCUT2D eigenvalue weighted by Gasteiger charge is 2.21. The molecule has 0 atom stereocenters. The second-order valence-electron chi connectivity index (χ2n) is 5.63. The van der Waals surface area contributed by atoms with Gasteiger partial charge in [0.15, 0.2) is 5.78 Å². The Balaban J connectivity index is 2.44. The number of rotatable bonds is 5. The molecule has 0 unspecified atom stereocenters. The monoisotopic (exact) mass is 324 g/mol. The molecule has 0 N–H and O–H groups in total. The predicted octanol–water partition coefficient (Wildman–Crippen LogP) is 5.28. The summed E-state index contributed by atoms with van der Waals surface area (Å²) in [6.07, 6.45) is -2.92. The molecule has 0 aliphatic carbocycles. The number of halogens is 4. The average Bonchev–Trinajstić information content (AvgIpc) is 2.45. The van der Waals surface area contributed by atoms with Gasteiger partial charge in [0, 0.05) is 12.3 Å². The molecule has 0 amide bonds. The maximum absolute atomic E-state index is 14.1. The lowest BCUT2D eigenvalue weighted by Gasteiger charge is -2.10. The van der Waals surface area contributed by atoms with E-state index >= 15 is 0 Å². The van der Waals surface area contributed by atoms with Gasteiger partial charge in [-0.25, -0.2) is 17.6 Å². The third kappa shape index (κ3) is 3.97. The van der Waals surface area contributed by atoms with Crippen molar-refractivity contribution in [1.82, 2.24) is 0 Å². The van der Waals surface area contributed by atoms with Crippen LogP contribution in [0.5, 0.6) is 0 Å². The summed E-state index contributed by atoms with van der Waals surface area (Å²) in [7, 11) is 0. The Morgan fingerprint density at radius 1 is 1.00 bits per heavy atom. The summed E-state index contributed by atoms with van der Waals surface area (Å²) in [5.41, 5.74) is 0.439. The van der Waals surface area contributed by atoms with E-state index in [0.717, 1.165) is 12.1 Å². The molecule has 122 valence electrons. The van der Waals surface area contributed by atoms with Crippen LogP contribution in [0.3, 0.4) is 0 Å². The van der Waals surface area contributed by atoms with Crippen molar-refractivity contribution < 1.29 is 22.4 Å². The molecule has 0 spiro atoms. The smallest absolute Gasteiger partial charge is 0.242 e. The minimum absolute atomic E-state index is 0.205. The standard InChI is InChI=1S/C18H16F4O/c1-10(2)18(23)17-14(19)8-13(9-15(17)20)12-5-3-4-11(6-12)7-16(21)22/h3-6,8-10,16H,7H2,1-2H3. The maximum atomic E-state index is 14.1. The fourth-order valence-electron chi connectivity index (χ4n) is 2.32. The van der Waals surface area contributed by atoms with Crippen LogP contribution in [0.25, 0.3) is 11.1 Å². The first-order valence-corrected chi connectivity index (χ1v) is 7.20. The average molecular weight is 324 g/mol. The third-order valence-electron chi connectivity index (χ3n) is 3.46. The molecule has 0 bridgehead atoms. The summed E-state index contributed by atoms with van der Waals surface area (Å²) in [5, 5.41) is 0. The van der Waals surface area contributed by atoms with E-state index in [9.17, 15) is 22.4 Å². The van der Waals surface area contributed by atoms with Crippen LogP contribution in [0.1, 0.15) is 29.8 Å². The van der Waals surface area contributed by atoms with Crippen LogP contribution < -0.4 is 0 Å². The zero-order chi connectivity index (χ0) is 17.1. The van der Waals surface area contributed by atoms with E-state index in [-0.39, 0.29) is 5.56 Å². The van der Waals surface area contributed by atoms with Crippen LogP contribution in [-0.2, 0) is 6.42 Å². The summed E-state index contributed by atoms with van der Waals surface area (Å²) in [5.74, 6) is -3.03. The molecular formula is C18H16F4O. The van der Waals surface area contributed by atoms with Crippen molar-refractivity contribution in [1.29, 1.82) is 0 Å². The minimum Gasteiger partial charge on any atom is -0.294 e. The van der Waals surface area contributed by atoms with Gasteiger partial charge in [0.25, 0.3) is 0 Å². The van der Waals surface area contributed by atoms with E-state index in [1.165, 1.54) is 12.1 Å². The number of alkyl halides is 2. The Labute approximate surface area is 132 Å². The van der Waals surface area contributed by atoms with Crippen LogP contribution >= 0.6 is 0 Å². The van der Waals surface area contributed by atoms with Crippen molar-refractivity contribution >= 4 is 5.78 Å². The van der Waals surface area contributed by atoms with Crippen molar-refractivity contribution in [2.24, 2.45) is 5.92 Å². The van der Waals surface area contributed by atoms with Crippen molar-refractivity contribution in [3.8, 4) is 11.1 Å². The van der Waals surface area contributed by atoms with Gasteiger partial charge in [-0.2, -0.15) is 0 Å². The number of hydrogen-bond donors (Lipinski definition) is 0. The van der Waals surface area contributed by atoms with E-state index in [2.05, 4.69) is 0 Å². The summed E-state index contributed by atoms with van der Waals surface area (Å²) in [4.78, 5) is 11.8. The minimum atomic E-state index is -2.50. The number of carbonyl (C=O) groups excluding carboxylic acids is 1. The molecule has 0 radical (unpaired) electrons. The Hall–Kier alpha value is -2.17. The van der Waals surface area contributed by atoms with Crippen LogP contribution in [0, 0.1) is 17.6 Å². The molecule has 0 aliphatic heterocycles. The highest BCUT2D eigenvalue weighted by atomic mass is 19.3. The van der Waals surface area contributed by atoms with Gasteiger partial charge in [0.2, 0.25) is 6.43 Å². The molecule has 0 aliphatic rings. The molecule has 0 heterocycles. The topological polar surface area (TPSA) is 17.1 Å². The zero-order valence-corrected chi connectivity index (χ0v) is 12.7. The van der Waals surface area contributed by atoms with E-state index in [4.69, 9.17) is 0 Å². The van der Waals surface area contributed by atoms with Gasteiger partial charge in [-0.15, -0.1) is 0 Å². The van der Waals surface area contributed by atoms with Crippen molar-refractivity contribution in [2.75, 3.05) is 0 Å². The number of ketones is 1. The van der Waals surface area contributed by atoms with Gasteiger partial charge < -0.3 is 0 Å². The predicted molar refractivity (Wildman–Crippen MR) is 80.7 cm³/mol. The van der Waals surface area contributed by atoms with Crippen molar-refractivity contribution in [3.05, 3.63) is 59.2 Å². The fourth-order valence-corrected chi connectivity index (χ4v) is 2.32. The van der Waals surface area contributed by atoms with Gasteiger partial charge in [0.1, 0.15) is 11.6 Å². The molecule has 5 heteroatoms. The van der Waals surface area contributed by atoms with Crippen molar-refractivity contribution in [3.63, 3.8) is 0 Å². The Morgan fingerprint density at radius 3 is 2.13 bits per heavy atom. The molecule has 0 saturated carbocycles. The van der Waals surface area contributed by atoms with Gasteiger partial charge in [0.05, 0.1) is 5.56 Å². The second kappa shape index (κ2) is 6.94. The number of benzene rings is 2. The van der Waals surface area contributed by atoms with Gasteiger partial charge in [-0.3, -0.25) is 4.79 Å². The first kappa shape index (κ1) is 17.2. The quantitative estimate of drug-likeness (QED) is 0.540. The van der Waals surface area contributed by atoms with E-state index < -0.39 is 41.7 Å². The molecule has 0 fully saturated rings. The first-order chi connectivity index (χ1) is 10.8. The number of hydrogen-bond acceptors (Lipinski definition) is 1. The lowest BCUT2D eigenvalue weighted by Crippen LogP contribution is -2.12. The van der Waals surface area contributed by atoms with Gasteiger partial charge in [-0.1, -0.05) is 38.1 Å². The molecule has 0 saturated heterocycles.